The van der Waals surface area contributed by atoms with E-state index in [1.165, 1.54) is 11.3 Å². The minimum atomic E-state index is 0.00121. The highest BCUT2D eigenvalue weighted by molar-refractivity contribution is 7.07. The third-order valence-corrected chi connectivity index (χ3v) is 5.93. The zero-order chi connectivity index (χ0) is 20.9. The van der Waals surface area contributed by atoms with E-state index in [-0.39, 0.29) is 11.9 Å². The number of hydrogen-bond donors (Lipinski definition) is 0. The van der Waals surface area contributed by atoms with E-state index in [1.807, 2.05) is 34.5 Å². The first-order valence-corrected chi connectivity index (χ1v) is 10.8. The number of piperazine rings is 1. The Morgan fingerprint density at radius 2 is 2.00 bits per heavy atom. The Morgan fingerprint density at radius 3 is 2.73 bits per heavy atom. The van der Waals surface area contributed by atoms with Crippen LogP contribution in [0.25, 0.3) is 0 Å². The summed E-state index contributed by atoms with van der Waals surface area (Å²) in [6.45, 7) is 2.70. The molecule has 0 saturated carbocycles. The van der Waals surface area contributed by atoms with Gasteiger partial charge in [0.25, 0.3) is 5.91 Å². The van der Waals surface area contributed by atoms with Crippen LogP contribution in [0.5, 0.6) is 11.5 Å². The van der Waals surface area contributed by atoms with Gasteiger partial charge in [0, 0.05) is 30.6 Å². The van der Waals surface area contributed by atoms with E-state index in [0.717, 1.165) is 24.3 Å². The lowest BCUT2D eigenvalue weighted by Gasteiger charge is -2.40. The van der Waals surface area contributed by atoms with Crippen LogP contribution in [0.4, 0.5) is 0 Å². The highest BCUT2D eigenvalue weighted by atomic mass is 32.1. The molecule has 156 valence electrons. The van der Waals surface area contributed by atoms with Crippen LogP contribution in [-0.4, -0.2) is 54.5 Å². The number of methoxy groups -OCH3 is 1. The zero-order valence-corrected chi connectivity index (χ0v) is 18.0. The fourth-order valence-electron chi connectivity index (χ4n) is 3.67. The predicted octanol–water partition coefficient (Wildman–Crippen LogP) is 3.86. The molecule has 6 nitrogen and oxygen atoms in total. The van der Waals surface area contributed by atoms with Crippen LogP contribution in [0.2, 0.25) is 0 Å². The van der Waals surface area contributed by atoms with Crippen molar-refractivity contribution in [2.24, 2.45) is 0 Å². The third kappa shape index (κ3) is 4.47. The van der Waals surface area contributed by atoms with Crippen molar-refractivity contribution < 1.29 is 14.3 Å². The van der Waals surface area contributed by atoms with Gasteiger partial charge in [-0.15, -0.1) is 11.3 Å². The van der Waals surface area contributed by atoms with Gasteiger partial charge in [0.1, 0.15) is 6.61 Å². The molecule has 1 aliphatic rings. The molecule has 3 aromatic rings. The SMILES string of the molecule is COc1cc(C(=O)N2CCN(C)CC2c2ccccc2)ccc1OCc1cscn1. The standard InChI is InChI=1S/C23H25N3O3S/c1-25-10-11-26(20(13-25)17-6-4-3-5-7-17)23(27)18-8-9-21(22(12-18)28-2)29-14-19-15-30-16-24-19/h3-9,12,15-16,20H,10-11,13-14H2,1-2H3. The average Bonchev–Trinajstić information content (AvgIpc) is 3.31. The van der Waals surface area contributed by atoms with E-state index in [2.05, 4.69) is 29.1 Å². The average molecular weight is 424 g/mol. The van der Waals surface area contributed by atoms with Crippen LogP contribution in [-0.2, 0) is 6.61 Å². The quantitative estimate of drug-likeness (QED) is 0.603. The van der Waals surface area contributed by atoms with Crippen molar-refractivity contribution in [3.05, 3.63) is 76.2 Å². The predicted molar refractivity (Wildman–Crippen MR) is 117 cm³/mol. The van der Waals surface area contributed by atoms with Gasteiger partial charge in [0.2, 0.25) is 0 Å². The number of likely N-dealkylation sites (N-methyl/N-ethyl adjacent to an activating group) is 1. The number of carbonyl (C=O) groups excluding carboxylic acids is 1. The topological polar surface area (TPSA) is 54.9 Å². The Kier molecular flexibility index (Phi) is 6.30. The lowest BCUT2D eigenvalue weighted by Crippen LogP contribution is -2.49. The molecule has 0 N–H and O–H groups in total. The normalized spacial score (nSPS) is 17.0. The number of aromatic nitrogens is 1. The van der Waals surface area contributed by atoms with Gasteiger partial charge in [0.05, 0.1) is 24.4 Å². The second-order valence-electron chi connectivity index (χ2n) is 7.32. The second kappa shape index (κ2) is 9.28. The minimum absolute atomic E-state index is 0.00121. The highest BCUT2D eigenvalue weighted by Gasteiger charge is 2.31. The molecule has 1 aliphatic heterocycles. The van der Waals surface area contributed by atoms with Gasteiger partial charge in [0.15, 0.2) is 11.5 Å². The van der Waals surface area contributed by atoms with Crippen LogP contribution in [0.3, 0.4) is 0 Å². The first kappa shape index (κ1) is 20.4. The maximum absolute atomic E-state index is 13.4. The van der Waals surface area contributed by atoms with Crippen molar-refractivity contribution in [3.63, 3.8) is 0 Å². The third-order valence-electron chi connectivity index (χ3n) is 5.30. The van der Waals surface area contributed by atoms with Crippen LogP contribution >= 0.6 is 11.3 Å². The molecule has 0 aliphatic carbocycles. The van der Waals surface area contributed by atoms with Crippen molar-refractivity contribution in [3.8, 4) is 11.5 Å². The van der Waals surface area contributed by atoms with Crippen molar-refractivity contribution >= 4 is 17.2 Å². The van der Waals surface area contributed by atoms with Gasteiger partial charge in [-0.2, -0.15) is 0 Å². The maximum Gasteiger partial charge on any atom is 0.254 e. The summed E-state index contributed by atoms with van der Waals surface area (Å²) in [5, 5.41) is 1.95. The number of rotatable bonds is 6. The molecule has 0 spiro atoms. The van der Waals surface area contributed by atoms with Gasteiger partial charge >= 0.3 is 0 Å². The van der Waals surface area contributed by atoms with Crippen LogP contribution in [0.15, 0.2) is 59.4 Å². The van der Waals surface area contributed by atoms with E-state index < -0.39 is 0 Å². The number of carbonyl (C=O) groups is 1. The molecule has 0 bridgehead atoms. The van der Waals surface area contributed by atoms with Crippen molar-refractivity contribution in [1.82, 2.24) is 14.8 Å². The summed E-state index contributed by atoms with van der Waals surface area (Å²) in [5.74, 6) is 1.14. The molecule has 2 aromatic carbocycles. The summed E-state index contributed by atoms with van der Waals surface area (Å²) in [6, 6.07) is 15.6. The lowest BCUT2D eigenvalue weighted by atomic mass is 10.0. The van der Waals surface area contributed by atoms with E-state index in [4.69, 9.17) is 9.47 Å². The number of benzene rings is 2. The molecular weight excluding hydrogens is 398 g/mol. The number of ether oxygens (including phenoxy) is 2. The zero-order valence-electron chi connectivity index (χ0n) is 17.2. The Morgan fingerprint density at radius 1 is 1.17 bits per heavy atom. The first-order valence-electron chi connectivity index (χ1n) is 9.88. The van der Waals surface area contributed by atoms with Gasteiger partial charge in [-0.3, -0.25) is 4.79 Å². The summed E-state index contributed by atoms with van der Waals surface area (Å²) in [6.07, 6.45) is 0. The summed E-state index contributed by atoms with van der Waals surface area (Å²) in [5.41, 5.74) is 4.38. The minimum Gasteiger partial charge on any atom is -0.493 e. The molecule has 4 rings (SSSR count). The van der Waals surface area contributed by atoms with Gasteiger partial charge < -0.3 is 19.3 Å². The molecule has 1 fully saturated rings. The van der Waals surface area contributed by atoms with Crippen LogP contribution < -0.4 is 9.47 Å². The Hall–Kier alpha value is -2.90. The molecule has 2 heterocycles. The summed E-state index contributed by atoms with van der Waals surface area (Å²) in [4.78, 5) is 21.9. The van der Waals surface area contributed by atoms with Crippen molar-refractivity contribution in [1.29, 1.82) is 0 Å². The van der Waals surface area contributed by atoms with Crippen LogP contribution in [0.1, 0.15) is 27.7 Å². The fourth-order valence-corrected chi connectivity index (χ4v) is 4.21. The van der Waals surface area contributed by atoms with E-state index >= 15 is 0 Å². The number of thiazole rings is 1. The summed E-state index contributed by atoms with van der Waals surface area (Å²) < 4.78 is 11.3. The molecule has 0 radical (unpaired) electrons. The Balaban J connectivity index is 1.55. The molecule has 1 saturated heterocycles. The van der Waals surface area contributed by atoms with Crippen LogP contribution in [0, 0.1) is 0 Å². The Labute approximate surface area is 180 Å². The maximum atomic E-state index is 13.4. The molecule has 7 heteroatoms. The Bertz CT molecular complexity index is 979. The van der Waals surface area contributed by atoms with Crippen molar-refractivity contribution in [2.45, 2.75) is 12.6 Å². The van der Waals surface area contributed by atoms with Gasteiger partial charge in [-0.25, -0.2) is 4.98 Å². The smallest absolute Gasteiger partial charge is 0.254 e. The van der Waals surface area contributed by atoms with Gasteiger partial charge in [-0.05, 0) is 30.8 Å². The molecule has 1 atom stereocenters. The number of amides is 1. The molecule has 1 aromatic heterocycles. The summed E-state index contributed by atoms with van der Waals surface area (Å²) in [7, 11) is 3.68. The monoisotopic (exact) mass is 423 g/mol. The van der Waals surface area contributed by atoms with E-state index in [9.17, 15) is 4.79 Å². The summed E-state index contributed by atoms with van der Waals surface area (Å²) >= 11 is 1.53. The number of hydrogen-bond acceptors (Lipinski definition) is 6. The first-order chi connectivity index (χ1) is 14.7. The molecule has 1 amide bonds. The molecular formula is C23H25N3O3S. The number of nitrogens with zero attached hydrogens (tertiary/aromatic N) is 3. The van der Waals surface area contributed by atoms with E-state index in [1.54, 1.807) is 24.8 Å². The van der Waals surface area contributed by atoms with Gasteiger partial charge in [-0.1, -0.05) is 30.3 Å². The van der Waals surface area contributed by atoms with E-state index in [0.29, 0.717) is 30.2 Å². The largest absolute Gasteiger partial charge is 0.493 e. The molecule has 30 heavy (non-hydrogen) atoms. The fraction of sp³-hybridized carbons (Fsp3) is 0.304. The van der Waals surface area contributed by atoms with Crippen molar-refractivity contribution in [2.75, 3.05) is 33.8 Å². The lowest BCUT2D eigenvalue weighted by molar-refractivity contribution is 0.0497. The second-order valence-corrected chi connectivity index (χ2v) is 8.04. The molecule has 1 unspecified atom stereocenters. The highest BCUT2D eigenvalue weighted by Crippen LogP contribution is 2.32.